The Labute approximate surface area is 108 Å². The van der Waals surface area contributed by atoms with Crippen molar-refractivity contribution in [2.75, 3.05) is 19.6 Å². The molecule has 1 aromatic heterocycles. The maximum Gasteiger partial charge on any atom is 0.254 e. The Morgan fingerprint density at radius 2 is 2.56 bits per heavy atom. The summed E-state index contributed by atoms with van der Waals surface area (Å²) in [6.45, 7) is 5.77. The summed E-state index contributed by atoms with van der Waals surface area (Å²) in [5, 5.41) is 10.5. The van der Waals surface area contributed by atoms with Gasteiger partial charge in [-0.25, -0.2) is 0 Å². The quantitative estimate of drug-likeness (QED) is 0.820. The van der Waals surface area contributed by atoms with Gasteiger partial charge < -0.3 is 10.6 Å². The first-order valence-electron chi connectivity index (χ1n) is 6.81. The van der Waals surface area contributed by atoms with E-state index < -0.39 is 0 Å². The third-order valence-electron chi connectivity index (χ3n) is 3.46. The third-order valence-corrected chi connectivity index (χ3v) is 3.46. The summed E-state index contributed by atoms with van der Waals surface area (Å²) in [6.07, 6.45) is 7.00. The largest absolute Gasteiger partial charge is 0.352 e. The number of nitrogens with one attached hydrogen (secondary N) is 2. The highest BCUT2D eigenvalue weighted by atomic mass is 16.1. The summed E-state index contributed by atoms with van der Waals surface area (Å²) in [5.74, 6) is 0.691. The molecule has 1 unspecified atom stereocenters. The van der Waals surface area contributed by atoms with E-state index in [1.54, 1.807) is 17.1 Å². The molecule has 0 aromatic carbocycles. The van der Waals surface area contributed by atoms with Crippen molar-refractivity contribution in [2.45, 2.75) is 32.7 Å². The number of hydrogen-bond acceptors (Lipinski definition) is 3. The standard InChI is InChI=1S/C13H22N4O/c1-2-17-10-12(9-16-17)13(18)15-7-5-11-4-3-6-14-8-11/h9-11,14H,2-8H2,1H3,(H,15,18). The maximum absolute atomic E-state index is 11.8. The third kappa shape index (κ3) is 3.57. The monoisotopic (exact) mass is 250 g/mol. The number of nitrogens with zero attached hydrogens (tertiary/aromatic N) is 2. The molecule has 1 aliphatic heterocycles. The average Bonchev–Trinajstić information content (AvgIpc) is 2.89. The van der Waals surface area contributed by atoms with Gasteiger partial charge in [-0.3, -0.25) is 9.48 Å². The van der Waals surface area contributed by atoms with Crippen molar-refractivity contribution in [2.24, 2.45) is 5.92 Å². The van der Waals surface area contributed by atoms with Gasteiger partial charge in [-0.1, -0.05) is 0 Å². The van der Waals surface area contributed by atoms with Crippen LogP contribution in [-0.2, 0) is 6.54 Å². The van der Waals surface area contributed by atoms with Gasteiger partial charge in [-0.15, -0.1) is 0 Å². The molecule has 1 aromatic rings. The fraction of sp³-hybridized carbons (Fsp3) is 0.692. The number of piperidine rings is 1. The molecule has 5 nitrogen and oxygen atoms in total. The van der Waals surface area contributed by atoms with E-state index in [1.165, 1.54) is 12.8 Å². The van der Waals surface area contributed by atoms with Gasteiger partial charge in [-0.2, -0.15) is 5.10 Å². The van der Waals surface area contributed by atoms with E-state index >= 15 is 0 Å². The van der Waals surface area contributed by atoms with Gasteiger partial charge >= 0.3 is 0 Å². The highest BCUT2D eigenvalue weighted by Crippen LogP contribution is 2.12. The van der Waals surface area contributed by atoms with Crippen LogP contribution in [0.2, 0.25) is 0 Å². The molecule has 0 spiro atoms. The molecule has 5 heteroatoms. The Morgan fingerprint density at radius 1 is 1.67 bits per heavy atom. The number of hydrogen-bond donors (Lipinski definition) is 2. The summed E-state index contributed by atoms with van der Waals surface area (Å²) in [4.78, 5) is 11.8. The van der Waals surface area contributed by atoms with Crippen LogP contribution in [0.4, 0.5) is 0 Å². The molecular weight excluding hydrogens is 228 g/mol. The first kappa shape index (κ1) is 13.1. The van der Waals surface area contributed by atoms with Gasteiger partial charge in [0.05, 0.1) is 11.8 Å². The van der Waals surface area contributed by atoms with Gasteiger partial charge in [0.15, 0.2) is 0 Å². The van der Waals surface area contributed by atoms with Crippen molar-refractivity contribution in [3.8, 4) is 0 Å². The highest BCUT2D eigenvalue weighted by molar-refractivity contribution is 5.93. The van der Waals surface area contributed by atoms with E-state index in [2.05, 4.69) is 15.7 Å². The first-order chi connectivity index (χ1) is 8.79. The van der Waals surface area contributed by atoms with Crippen molar-refractivity contribution in [3.63, 3.8) is 0 Å². The Kier molecular flexibility index (Phi) is 4.75. The molecule has 1 amide bonds. The van der Waals surface area contributed by atoms with Crippen LogP contribution in [0.5, 0.6) is 0 Å². The van der Waals surface area contributed by atoms with E-state index in [-0.39, 0.29) is 5.91 Å². The Balaban J connectivity index is 1.70. The molecule has 0 aliphatic carbocycles. The molecule has 1 saturated heterocycles. The Hall–Kier alpha value is -1.36. The van der Waals surface area contributed by atoms with Crippen molar-refractivity contribution < 1.29 is 4.79 Å². The zero-order valence-corrected chi connectivity index (χ0v) is 11.0. The molecular formula is C13H22N4O. The average molecular weight is 250 g/mol. The second-order valence-electron chi connectivity index (χ2n) is 4.84. The second kappa shape index (κ2) is 6.54. The molecule has 2 N–H and O–H groups in total. The minimum Gasteiger partial charge on any atom is -0.352 e. The lowest BCUT2D eigenvalue weighted by atomic mass is 9.96. The molecule has 0 saturated carbocycles. The summed E-state index contributed by atoms with van der Waals surface area (Å²) in [7, 11) is 0. The molecule has 0 bridgehead atoms. The van der Waals surface area contributed by atoms with E-state index in [9.17, 15) is 4.79 Å². The van der Waals surface area contributed by atoms with Crippen molar-refractivity contribution >= 4 is 5.91 Å². The van der Waals surface area contributed by atoms with Crippen LogP contribution in [0, 0.1) is 5.92 Å². The molecule has 1 fully saturated rings. The van der Waals surface area contributed by atoms with Crippen LogP contribution in [-0.4, -0.2) is 35.3 Å². The normalized spacial score (nSPS) is 19.7. The zero-order valence-electron chi connectivity index (χ0n) is 11.0. The summed E-state index contributed by atoms with van der Waals surface area (Å²) < 4.78 is 1.76. The fourth-order valence-electron chi connectivity index (χ4n) is 2.32. The molecule has 1 aliphatic rings. The van der Waals surface area contributed by atoms with Gasteiger partial charge in [0.1, 0.15) is 0 Å². The van der Waals surface area contributed by atoms with Crippen molar-refractivity contribution in [1.29, 1.82) is 0 Å². The molecule has 0 radical (unpaired) electrons. The fourth-order valence-corrected chi connectivity index (χ4v) is 2.32. The van der Waals surface area contributed by atoms with Crippen LogP contribution in [0.3, 0.4) is 0 Å². The van der Waals surface area contributed by atoms with Crippen molar-refractivity contribution in [3.05, 3.63) is 18.0 Å². The molecule has 18 heavy (non-hydrogen) atoms. The molecule has 100 valence electrons. The van der Waals surface area contributed by atoms with Gasteiger partial charge in [0, 0.05) is 19.3 Å². The number of carbonyl (C=O) groups is 1. The van der Waals surface area contributed by atoms with Crippen LogP contribution in [0.1, 0.15) is 36.5 Å². The summed E-state index contributed by atoms with van der Waals surface area (Å²) in [5.41, 5.74) is 0.651. The number of aryl methyl sites for hydroxylation is 1. The highest BCUT2D eigenvalue weighted by Gasteiger charge is 2.13. The van der Waals surface area contributed by atoms with Crippen LogP contribution in [0.25, 0.3) is 0 Å². The van der Waals surface area contributed by atoms with E-state index in [1.807, 2.05) is 6.92 Å². The van der Waals surface area contributed by atoms with Crippen LogP contribution >= 0.6 is 0 Å². The van der Waals surface area contributed by atoms with Gasteiger partial charge in [-0.05, 0) is 45.2 Å². The van der Waals surface area contributed by atoms with Gasteiger partial charge in [0.2, 0.25) is 0 Å². The van der Waals surface area contributed by atoms with E-state index in [4.69, 9.17) is 0 Å². The second-order valence-corrected chi connectivity index (χ2v) is 4.84. The van der Waals surface area contributed by atoms with Crippen molar-refractivity contribution in [1.82, 2.24) is 20.4 Å². The van der Waals surface area contributed by atoms with E-state index in [0.29, 0.717) is 11.5 Å². The number of carbonyl (C=O) groups excluding carboxylic acids is 1. The van der Waals surface area contributed by atoms with Gasteiger partial charge in [0.25, 0.3) is 5.91 Å². The summed E-state index contributed by atoms with van der Waals surface area (Å²) >= 11 is 0. The topological polar surface area (TPSA) is 59.0 Å². The predicted molar refractivity (Wildman–Crippen MR) is 70.4 cm³/mol. The SMILES string of the molecule is CCn1cc(C(=O)NCCC2CCCNC2)cn1. The Bertz CT molecular complexity index is 382. The Morgan fingerprint density at radius 3 is 3.22 bits per heavy atom. The molecule has 2 heterocycles. The lowest BCUT2D eigenvalue weighted by Gasteiger charge is -2.22. The van der Waals surface area contributed by atoms with Crippen LogP contribution < -0.4 is 10.6 Å². The minimum atomic E-state index is -0.0153. The van der Waals surface area contributed by atoms with Crippen LogP contribution in [0.15, 0.2) is 12.4 Å². The molecule has 2 rings (SSSR count). The number of amides is 1. The maximum atomic E-state index is 11.8. The zero-order chi connectivity index (χ0) is 12.8. The lowest BCUT2D eigenvalue weighted by Crippen LogP contribution is -2.33. The van der Waals surface area contributed by atoms with E-state index in [0.717, 1.165) is 32.6 Å². The number of aromatic nitrogens is 2. The smallest absolute Gasteiger partial charge is 0.254 e. The predicted octanol–water partition coefficient (Wildman–Crippen LogP) is 1.02. The first-order valence-corrected chi connectivity index (χ1v) is 6.81. The minimum absolute atomic E-state index is 0.0153. The summed E-state index contributed by atoms with van der Waals surface area (Å²) in [6, 6.07) is 0. The lowest BCUT2D eigenvalue weighted by molar-refractivity contribution is 0.0950. The number of rotatable bonds is 5. The molecule has 1 atom stereocenters.